The molecule has 1 unspecified atom stereocenters. The zero-order chi connectivity index (χ0) is 21.3. The van der Waals surface area contributed by atoms with E-state index in [-0.39, 0.29) is 29.9 Å². The summed E-state index contributed by atoms with van der Waals surface area (Å²) in [4.78, 5) is 27.0. The van der Waals surface area contributed by atoms with Gasteiger partial charge in [-0.1, -0.05) is 32.9 Å². The number of ketones is 1. The number of carbonyl (C=O) groups excluding carboxylic acids is 2. The Balaban J connectivity index is 2.19. The lowest BCUT2D eigenvalue weighted by Gasteiger charge is -2.23. The van der Waals surface area contributed by atoms with Crippen LogP contribution in [0.1, 0.15) is 49.3 Å². The number of hydrogen-bond acceptors (Lipinski definition) is 5. The van der Waals surface area contributed by atoms with Gasteiger partial charge in [0.2, 0.25) is 0 Å². The van der Waals surface area contributed by atoms with Gasteiger partial charge in [-0.05, 0) is 41.7 Å². The van der Waals surface area contributed by atoms with E-state index < -0.39 is 17.7 Å². The number of amides is 1. The van der Waals surface area contributed by atoms with Crippen molar-refractivity contribution in [2.45, 2.75) is 39.2 Å². The maximum absolute atomic E-state index is 12.9. The Bertz CT molecular complexity index is 950. The van der Waals surface area contributed by atoms with Crippen LogP contribution in [0.4, 0.5) is 0 Å². The number of aliphatic hydroxyl groups excluding tert-OH is 1. The molecule has 6 heteroatoms. The van der Waals surface area contributed by atoms with Gasteiger partial charge in [0.1, 0.15) is 17.6 Å². The van der Waals surface area contributed by atoms with Crippen LogP contribution in [-0.2, 0) is 19.7 Å². The summed E-state index contributed by atoms with van der Waals surface area (Å²) in [6.45, 7) is 8.58. The average Bonchev–Trinajstić information content (AvgIpc) is 3.27. The Morgan fingerprint density at radius 1 is 1.24 bits per heavy atom. The molecule has 29 heavy (non-hydrogen) atoms. The summed E-state index contributed by atoms with van der Waals surface area (Å²) in [5.41, 5.74) is 2.28. The van der Waals surface area contributed by atoms with Gasteiger partial charge in [0.15, 0.2) is 0 Å². The summed E-state index contributed by atoms with van der Waals surface area (Å²) in [6, 6.07) is 8.40. The van der Waals surface area contributed by atoms with Gasteiger partial charge in [0.25, 0.3) is 11.7 Å². The number of ether oxygens (including phenoxy) is 1. The van der Waals surface area contributed by atoms with Gasteiger partial charge in [0.05, 0.1) is 18.4 Å². The molecule has 2 aromatic rings. The maximum atomic E-state index is 12.9. The van der Waals surface area contributed by atoms with Crippen molar-refractivity contribution < 1.29 is 23.8 Å². The molecular weight excluding hydrogens is 370 g/mol. The molecule has 1 fully saturated rings. The summed E-state index contributed by atoms with van der Waals surface area (Å²) >= 11 is 0. The minimum Gasteiger partial charge on any atom is -0.507 e. The van der Waals surface area contributed by atoms with Crippen LogP contribution in [0.3, 0.4) is 0 Å². The van der Waals surface area contributed by atoms with Gasteiger partial charge in [-0.25, -0.2) is 0 Å². The number of likely N-dealkylation sites (tertiary alicyclic amines) is 1. The fourth-order valence-corrected chi connectivity index (χ4v) is 3.53. The van der Waals surface area contributed by atoms with Crippen molar-refractivity contribution in [3.63, 3.8) is 0 Å². The molecule has 3 rings (SSSR count). The molecule has 2 heterocycles. The lowest BCUT2D eigenvalue weighted by Crippen LogP contribution is -2.32. The molecule has 0 saturated carbocycles. The molecule has 1 N–H and O–H groups in total. The number of rotatable bonds is 5. The Morgan fingerprint density at radius 2 is 1.97 bits per heavy atom. The van der Waals surface area contributed by atoms with E-state index in [0.717, 1.165) is 11.1 Å². The summed E-state index contributed by atoms with van der Waals surface area (Å²) < 4.78 is 10.6. The molecule has 1 saturated heterocycles. The Hall–Kier alpha value is -2.86. The van der Waals surface area contributed by atoms with E-state index in [1.54, 1.807) is 12.1 Å². The summed E-state index contributed by atoms with van der Waals surface area (Å²) in [5.74, 6) is -1.16. The number of aliphatic hydroxyl groups is 1. The van der Waals surface area contributed by atoms with Gasteiger partial charge in [-0.2, -0.15) is 0 Å². The normalized spacial score (nSPS) is 19.2. The zero-order valence-electron chi connectivity index (χ0n) is 17.5. The first-order chi connectivity index (χ1) is 13.7. The Morgan fingerprint density at radius 3 is 2.55 bits per heavy atom. The molecule has 1 aromatic heterocycles. The van der Waals surface area contributed by atoms with Crippen LogP contribution < -0.4 is 0 Å². The van der Waals surface area contributed by atoms with Crippen LogP contribution in [0, 0.1) is 6.92 Å². The second kappa shape index (κ2) is 7.87. The monoisotopic (exact) mass is 397 g/mol. The molecule has 1 aliphatic rings. The minimum atomic E-state index is -0.794. The SMILES string of the molecule is COCCN1C(=O)C(=O)/C(=C(/O)c2cc(C(C)(C)C)ccc2C)C1c1ccco1. The van der Waals surface area contributed by atoms with Crippen molar-refractivity contribution in [3.8, 4) is 0 Å². The number of furan rings is 1. The van der Waals surface area contributed by atoms with E-state index in [9.17, 15) is 14.7 Å². The number of nitrogens with zero attached hydrogens (tertiary/aromatic N) is 1. The molecule has 1 amide bonds. The van der Waals surface area contributed by atoms with Gasteiger partial charge in [-0.3, -0.25) is 9.59 Å². The highest BCUT2D eigenvalue weighted by molar-refractivity contribution is 6.46. The van der Waals surface area contributed by atoms with Crippen molar-refractivity contribution in [1.29, 1.82) is 0 Å². The van der Waals surface area contributed by atoms with E-state index in [2.05, 4.69) is 20.8 Å². The smallest absolute Gasteiger partial charge is 0.295 e. The number of Topliss-reactive ketones (excluding diaryl/α,β-unsaturated/α-hetero) is 1. The molecule has 0 aliphatic carbocycles. The Labute approximate surface area is 170 Å². The van der Waals surface area contributed by atoms with E-state index in [1.165, 1.54) is 18.3 Å². The number of hydrogen-bond donors (Lipinski definition) is 1. The predicted molar refractivity (Wildman–Crippen MR) is 109 cm³/mol. The second-order valence-corrected chi connectivity index (χ2v) is 8.28. The second-order valence-electron chi connectivity index (χ2n) is 8.28. The molecule has 1 atom stereocenters. The number of methoxy groups -OCH3 is 1. The van der Waals surface area contributed by atoms with E-state index in [1.807, 2.05) is 25.1 Å². The highest BCUT2D eigenvalue weighted by Gasteiger charge is 2.47. The molecule has 154 valence electrons. The van der Waals surface area contributed by atoms with Gasteiger partial charge in [-0.15, -0.1) is 0 Å². The minimum absolute atomic E-state index is 0.0372. The largest absolute Gasteiger partial charge is 0.507 e. The highest BCUT2D eigenvalue weighted by Crippen LogP contribution is 2.40. The summed E-state index contributed by atoms with van der Waals surface area (Å²) in [5, 5.41) is 11.2. The zero-order valence-corrected chi connectivity index (χ0v) is 17.5. The lowest BCUT2D eigenvalue weighted by atomic mass is 9.84. The van der Waals surface area contributed by atoms with Crippen molar-refractivity contribution in [2.75, 3.05) is 20.3 Å². The lowest BCUT2D eigenvalue weighted by molar-refractivity contribution is -0.140. The highest BCUT2D eigenvalue weighted by atomic mass is 16.5. The standard InChI is InChI=1S/C23H27NO5/c1-14-8-9-15(23(2,3)4)13-16(14)20(25)18-19(17-7-6-11-29-17)24(10-12-28-5)22(27)21(18)26/h6-9,11,13,19,25H,10,12H2,1-5H3/b20-18+. The average molecular weight is 397 g/mol. The van der Waals surface area contributed by atoms with Crippen molar-refractivity contribution in [1.82, 2.24) is 4.90 Å². The quantitative estimate of drug-likeness (QED) is 0.469. The summed E-state index contributed by atoms with van der Waals surface area (Å²) in [7, 11) is 1.53. The molecule has 0 spiro atoms. The molecule has 1 aliphatic heterocycles. The van der Waals surface area contributed by atoms with Crippen LogP contribution >= 0.6 is 0 Å². The fourth-order valence-electron chi connectivity index (χ4n) is 3.53. The van der Waals surface area contributed by atoms with Gasteiger partial charge in [0, 0.05) is 19.2 Å². The maximum Gasteiger partial charge on any atom is 0.295 e. The van der Waals surface area contributed by atoms with Crippen LogP contribution in [0.15, 0.2) is 46.6 Å². The topological polar surface area (TPSA) is 80.0 Å². The Kier molecular flexibility index (Phi) is 5.66. The molecular formula is C23H27NO5. The predicted octanol–water partition coefficient (Wildman–Crippen LogP) is 3.95. The molecule has 6 nitrogen and oxygen atoms in total. The number of carbonyl (C=O) groups is 2. The third-order valence-electron chi connectivity index (χ3n) is 5.25. The van der Waals surface area contributed by atoms with Crippen LogP contribution in [0.25, 0.3) is 5.76 Å². The first-order valence-corrected chi connectivity index (χ1v) is 9.59. The number of benzene rings is 1. The first kappa shape index (κ1) is 20.9. The van der Waals surface area contributed by atoms with Gasteiger partial charge < -0.3 is 19.2 Å². The molecule has 0 radical (unpaired) electrons. The third kappa shape index (κ3) is 3.85. The number of aryl methyl sites for hydroxylation is 1. The van der Waals surface area contributed by atoms with E-state index >= 15 is 0 Å². The van der Waals surface area contributed by atoms with Crippen LogP contribution in [0.2, 0.25) is 0 Å². The molecule has 1 aromatic carbocycles. The van der Waals surface area contributed by atoms with E-state index in [0.29, 0.717) is 11.3 Å². The third-order valence-corrected chi connectivity index (χ3v) is 5.25. The molecule has 0 bridgehead atoms. The van der Waals surface area contributed by atoms with Crippen LogP contribution in [0.5, 0.6) is 0 Å². The van der Waals surface area contributed by atoms with Crippen molar-refractivity contribution in [3.05, 3.63) is 64.6 Å². The summed E-state index contributed by atoms with van der Waals surface area (Å²) in [6.07, 6.45) is 1.48. The van der Waals surface area contributed by atoms with E-state index in [4.69, 9.17) is 9.15 Å². The van der Waals surface area contributed by atoms with Crippen molar-refractivity contribution >= 4 is 17.4 Å². The fraction of sp³-hybridized carbons (Fsp3) is 0.391. The van der Waals surface area contributed by atoms with Gasteiger partial charge >= 0.3 is 0 Å². The van der Waals surface area contributed by atoms with Crippen molar-refractivity contribution in [2.24, 2.45) is 0 Å². The first-order valence-electron chi connectivity index (χ1n) is 9.59. The van der Waals surface area contributed by atoms with Crippen LogP contribution in [-0.4, -0.2) is 42.0 Å².